The predicted octanol–water partition coefficient (Wildman–Crippen LogP) is 15.1. The first-order valence-corrected chi connectivity index (χ1v) is 21.1. The number of hydrogen-bond acceptors (Lipinski definition) is 3. The zero-order valence-electron chi connectivity index (χ0n) is 33.7. The van der Waals surface area contributed by atoms with Crippen LogP contribution in [0.1, 0.15) is 22.3 Å². The van der Waals surface area contributed by atoms with Crippen molar-refractivity contribution in [1.82, 2.24) is 9.97 Å². The predicted molar refractivity (Wildman–Crippen MR) is 254 cm³/mol. The molecule has 0 bridgehead atoms. The van der Waals surface area contributed by atoms with Gasteiger partial charge < -0.3 is 4.42 Å². The highest BCUT2D eigenvalue weighted by atomic mass is 16.3. The maximum Gasteiger partial charge on any atom is 0.160 e. The number of hydrogen-bond donors (Lipinski definition) is 0. The first kappa shape index (κ1) is 35.8. The molecule has 0 saturated carbocycles. The third-order valence-electron chi connectivity index (χ3n) is 12.6. The van der Waals surface area contributed by atoms with Crippen molar-refractivity contribution in [1.29, 1.82) is 0 Å². The normalized spacial score (nSPS) is 12.6. The Morgan fingerprint density at radius 3 is 1.66 bits per heavy atom. The van der Waals surface area contributed by atoms with Crippen LogP contribution >= 0.6 is 0 Å². The van der Waals surface area contributed by atoms with Crippen molar-refractivity contribution < 1.29 is 4.42 Å². The van der Waals surface area contributed by atoms with Gasteiger partial charge >= 0.3 is 0 Å². The van der Waals surface area contributed by atoms with E-state index in [0.717, 1.165) is 72.3 Å². The lowest BCUT2D eigenvalue weighted by atomic mass is 9.67. The summed E-state index contributed by atoms with van der Waals surface area (Å²) >= 11 is 0. The van der Waals surface area contributed by atoms with E-state index in [1.165, 1.54) is 33.4 Å². The molecule has 2 aromatic heterocycles. The van der Waals surface area contributed by atoms with Crippen LogP contribution in [0.25, 0.3) is 89.2 Å². The molecule has 12 rings (SSSR count). The number of aromatic nitrogens is 2. The maximum absolute atomic E-state index is 6.48. The van der Waals surface area contributed by atoms with E-state index in [4.69, 9.17) is 14.4 Å². The van der Waals surface area contributed by atoms with Gasteiger partial charge in [0.25, 0.3) is 0 Å². The largest absolute Gasteiger partial charge is 0.455 e. The lowest BCUT2D eigenvalue weighted by molar-refractivity contribution is 0.670. The molecule has 0 atom stereocenters. The van der Waals surface area contributed by atoms with Crippen LogP contribution < -0.4 is 0 Å². The van der Waals surface area contributed by atoms with Gasteiger partial charge in [-0.25, -0.2) is 9.97 Å². The van der Waals surface area contributed by atoms with Gasteiger partial charge in [0.2, 0.25) is 0 Å². The molecule has 3 heteroatoms. The lowest BCUT2D eigenvalue weighted by Gasteiger charge is -2.34. The van der Waals surface area contributed by atoms with Crippen LogP contribution in [0.5, 0.6) is 0 Å². The summed E-state index contributed by atoms with van der Waals surface area (Å²) in [4.78, 5) is 10.6. The summed E-state index contributed by atoms with van der Waals surface area (Å²) in [6.45, 7) is 0. The molecule has 11 aromatic rings. The topological polar surface area (TPSA) is 38.9 Å². The van der Waals surface area contributed by atoms with E-state index in [-0.39, 0.29) is 0 Å². The number of para-hydroxylation sites is 2. The minimum atomic E-state index is -0.500. The van der Waals surface area contributed by atoms with Crippen LogP contribution in [-0.4, -0.2) is 9.97 Å². The summed E-state index contributed by atoms with van der Waals surface area (Å²) in [5.74, 6) is 0.675. The van der Waals surface area contributed by atoms with Gasteiger partial charge in [-0.2, -0.15) is 0 Å². The van der Waals surface area contributed by atoms with Crippen LogP contribution in [0.4, 0.5) is 0 Å². The fraction of sp³-hybridized carbons (Fsp3) is 0.0169. The summed E-state index contributed by atoms with van der Waals surface area (Å²) in [7, 11) is 0. The molecule has 0 aliphatic heterocycles. The molecule has 3 nitrogen and oxygen atoms in total. The smallest absolute Gasteiger partial charge is 0.160 e. The molecule has 290 valence electrons. The zero-order valence-corrected chi connectivity index (χ0v) is 33.7. The molecule has 0 spiro atoms. The first-order valence-electron chi connectivity index (χ1n) is 21.1. The molecular weight excluding hydrogens is 753 g/mol. The number of nitrogens with zero attached hydrogens (tertiary/aromatic N) is 2. The molecule has 0 N–H and O–H groups in total. The van der Waals surface area contributed by atoms with Crippen LogP contribution in [0.15, 0.2) is 235 Å². The van der Waals surface area contributed by atoms with Crippen LogP contribution in [-0.2, 0) is 5.41 Å². The highest BCUT2D eigenvalue weighted by molar-refractivity contribution is 6.09. The van der Waals surface area contributed by atoms with E-state index in [2.05, 4.69) is 200 Å². The maximum atomic E-state index is 6.48. The summed E-state index contributed by atoms with van der Waals surface area (Å²) in [6, 6.07) is 82.2. The number of fused-ring (bicyclic) bond motifs is 6. The Bertz CT molecular complexity index is 3420. The van der Waals surface area contributed by atoms with Crippen LogP contribution in [0.2, 0.25) is 0 Å². The summed E-state index contributed by atoms with van der Waals surface area (Å²) in [5.41, 5.74) is 17.9. The summed E-state index contributed by atoms with van der Waals surface area (Å²) < 4.78 is 6.48. The Kier molecular flexibility index (Phi) is 8.39. The van der Waals surface area contributed by atoms with Gasteiger partial charge in [0.1, 0.15) is 11.2 Å². The van der Waals surface area contributed by atoms with Crippen molar-refractivity contribution in [2.75, 3.05) is 0 Å². The second-order valence-electron chi connectivity index (χ2n) is 16.0. The third kappa shape index (κ3) is 5.67. The van der Waals surface area contributed by atoms with Crippen molar-refractivity contribution in [3.8, 4) is 67.3 Å². The molecular formula is C59H38N2O. The van der Waals surface area contributed by atoms with E-state index in [9.17, 15) is 0 Å². The third-order valence-corrected chi connectivity index (χ3v) is 12.6. The minimum absolute atomic E-state index is 0.500. The second kappa shape index (κ2) is 14.5. The Labute approximate surface area is 360 Å². The van der Waals surface area contributed by atoms with Crippen molar-refractivity contribution in [2.24, 2.45) is 0 Å². The molecule has 0 amide bonds. The fourth-order valence-electron chi connectivity index (χ4n) is 9.84. The van der Waals surface area contributed by atoms with Crippen LogP contribution in [0.3, 0.4) is 0 Å². The quantitative estimate of drug-likeness (QED) is 0.161. The standard InChI is InChI=1S/C59H38N2O/c1-4-18-39(19-5-1)58-60-54(42-21-16-20-40(36-42)46-30-17-31-51-50-29-13-15-33-56(50)62-57(46)51)38-55(61-58)49-28-11-10-26-45(49)41-34-35-48-47-27-12-14-32-52(47)59(53(48)37-41,43-22-6-2-7-23-43)44-24-8-3-9-25-44/h1-38H. The second-order valence-corrected chi connectivity index (χ2v) is 16.0. The fourth-order valence-corrected chi connectivity index (χ4v) is 9.84. The van der Waals surface area contributed by atoms with Gasteiger partial charge in [-0.05, 0) is 74.3 Å². The van der Waals surface area contributed by atoms with Crippen molar-refractivity contribution >= 4 is 21.9 Å². The van der Waals surface area contributed by atoms with E-state index < -0.39 is 5.41 Å². The van der Waals surface area contributed by atoms with Gasteiger partial charge in [-0.15, -0.1) is 0 Å². The van der Waals surface area contributed by atoms with Gasteiger partial charge in [0.15, 0.2) is 5.82 Å². The summed E-state index contributed by atoms with van der Waals surface area (Å²) in [5, 5.41) is 2.22. The minimum Gasteiger partial charge on any atom is -0.455 e. The van der Waals surface area contributed by atoms with Gasteiger partial charge in [0.05, 0.1) is 16.8 Å². The van der Waals surface area contributed by atoms with E-state index in [0.29, 0.717) is 5.82 Å². The van der Waals surface area contributed by atoms with Gasteiger partial charge in [-0.1, -0.05) is 206 Å². The monoisotopic (exact) mass is 790 g/mol. The average molecular weight is 791 g/mol. The molecule has 62 heavy (non-hydrogen) atoms. The molecule has 0 saturated heterocycles. The lowest BCUT2D eigenvalue weighted by Crippen LogP contribution is -2.28. The molecule has 0 unspecified atom stereocenters. The number of rotatable bonds is 7. The molecule has 0 radical (unpaired) electrons. The van der Waals surface area contributed by atoms with Crippen molar-refractivity contribution in [3.05, 3.63) is 253 Å². The molecule has 1 aliphatic carbocycles. The Hall–Kier alpha value is -8.14. The van der Waals surface area contributed by atoms with E-state index in [1.807, 2.05) is 30.3 Å². The molecule has 1 aliphatic rings. The van der Waals surface area contributed by atoms with E-state index >= 15 is 0 Å². The highest BCUT2D eigenvalue weighted by Crippen LogP contribution is 2.57. The molecule has 2 heterocycles. The van der Waals surface area contributed by atoms with Gasteiger partial charge in [-0.3, -0.25) is 0 Å². The zero-order chi connectivity index (χ0) is 41.0. The summed E-state index contributed by atoms with van der Waals surface area (Å²) in [6.07, 6.45) is 0. The Balaban J connectivity index is 1.04. The Morgan fingerprint density at radius 2 is 0.871 bits per heavy atom. The average Bonchev–Trinajstić information content (AvgIpc) is 3.88. The van der Waals surface area contributed by atoms with Crippen LogP contribution in [0, 0.1) is 0 Å². The first-order chi connectivity index (χ1) is 30.7. The molecule has 0 fully saturated rings. The number of benzene rings is 9. The van der Waals surface area contributed by atoms with Crippen molar-refractivity contribution in [2.45, 2.75) is 5.41 Å². The highest BCUT2D eigenvalue weighted by Gasteiger charge is 2.46. The van der Waals surface area contributed by atoms with Gasteiger partial charge in [0, 0.05) is 33.0 Å². The SMILES string of the molecule is c1ccc(-c2nc(-c3cccc(-c4cccc5c4oc4ccccc45)c3)cc(-c3ccccc3-c3ccc4c(c3)C(c3ccccc3)(c3ccccc3)c3ccccc3-4)n2)cc1. The van der Waals surface area contributed by atoms with E-state index in [1.54, 1.807) is 0 Å². The number of furan rings is 1. The van der Waals surface area contributed by atoms with Crippen molar-refractivity contribution in [3.63, 3.8) is 0 Å². The molecule has 9 aromatic carbocycles. The Morgan fingerprint density at radius 1 is 0.323 bits per heavy atom.